The fraction of sp³-hybridized carbons (Fsp3) is 0.182. The second-order valence-electron chi connectivity index (χ2n) is 6.47. The summed E-state index contributed by atoms with van der Waals surface area (Å²) in [5.74, 6) is 0.00796. The van der Waals surface area contributed by atoms with Crippen LogP contribution >= 0.6 is 0 Å². The predicted molar refractivity (Wildman–Crippen MR) is 107 cm³/mol. The summed E-state index contributed by atoms with van der Waals surface area (Å²) < 4.78 is 0. The van der Waals surface area contributed by atoms with Crippen LogP contribution in [-0.2, 0) is 0 Å². The van der Waals surface area contributed by atoms with Crippen molar-refractivity contribution >= 4 is 31.9 Å². The third-order valence-corrected chi connectivity index (χ3v) is 4.27. The summed E-state index contributed by atoms with van der Waals surface area (Å²) in [6.45, 7) is 7.80. The van der Waals surface area contributed by atoms with E-state index in [0.29, 0.717) is 11.0 Å². The largest absolute Gasteiger partial charge is 2.00 e. The zero-order valence-electron chi connectivity index (χ0n) is 16.0. The molecule has 0 atom stereocenters. The number of aromatic nitrogens is 2. The molecule has 132 valence electrons. The van der Waals surface area contributed by atoms with Crippen LogP contribution in [0.3, 0.4) is 0 Å². The average Bonchev–Trinajstić information content (AvgIpc) is 2.57. The molecule has 0 bridgehead atoms. The summed E-state index contributed by atoms with van der Waals surface area (Å²) in [6.07, 6.45) is 0. The molecule has 2 aromatic carbocycles. The minimum absolute atomic E-state index is 0. The Morgan fingerprint density at radius 1 is 0.630 bits per heavy atom. The molecule has 4 aromatic rings. The fourth-order valence-electron chi connectivity index (χ4n) is 3.11. The quantitative estimate of drug-likeness (QED) is 0.454. The van der Waals surface area contributed by atoms with Crippen molar-refractivity contribution in [1.82, 2.24) is 9.97 Å². The fourth-order valence-corrected chi connectivity index (χ4v) is 3.11. The number of pyridine rings is 2. The van der Waals surface area contributed by atoms with E-state index in [4.69, 9.17) is 0 Å². The van der Waals surface area contributed by atoms with Gasteiger partial charge < -0.3 is 10.2 Å². The van der Waals surface area contributed by atoms with E-state index in [1.165, 1.54) is 0 Å². The monoisotopic (exact) mass is 353 g/mol. The first-order valence-corrected chi connectivity index (χ1v) is 8.45. The first-order valence-electron chi connectivity index (χ1n) is 8.45. The van der Waals surface area contributed by atoms with Crippen molar-refractivity contribution in [3.05, 3.63) is 71.0 Å². The maximum Gasteiger partial charge on any atom is 2.00 e. The Morgan fingerprint density at radius 3 is 1.37 bits per heavy atom. The Labute approximate surface area is 162 Å². The Bertz CT molecular complexity index is 1020. The molecule has 0 spiro atoms. The molecule has 4 rings (SSSR count). The summed E-state index contributed by atoms with van der Waals surface area (Å²) in [4.78, 5) is 8.45. The SMILES string of the molecule is Cc1cc(C)c2cccc([O-])c2n1.Cc1cc(C)c2cccc([O-])c2n1.[Be+2]. The van der Waals surface area contributed by atoms with Crippen molar-refractivity contribution in [2.24, 2.45) is 0 Å². The van der Waals surface area contributed by atoms with Gasteiger partial charge in [-0.05, 0) is 51.0 Å². The van der Waals surface area contributed by atoms with Gasteiger partial charge in [0.2, 0.25) is 0 Å². The molecule has 2 heterocycles. The molecule has 0 aliphatic carbocycles. The number of para-hydroxylation sites is 2. The van der Waals surface area contributed by atoms with E-state index in [-0.39, 0.29) is 21.6 Å². The maximum absolute atomic E-state index is 11.4. The van der Waals surface area contributed by atoms with Gasteiger partial charge in [0.25, 0.3) is 0 Å². The van der Waals surface area contributed by atoms with Gasteiger partial charge in [-0.3, -0.25) is 9.97 Å². The molecular weight excluding hydrogens is 333 g/mol. The van der Waals surface area contributed by atoms with Crippen LogP contribution in [0.15, 0.2) is 48.5 Å². The van der Waals surface area contributed by atoms with Crippen LogP contribution in [0.25, 0.3) is 21.8 Å². The van der Waals surface area contributed by atoms with Crippen LogP contribution in [0.1, 0.15) is 22.5 Å². The second kappa shape index (κ2) is 8.15. The van der Waals surface area contributed by atoms with Gasteiger partial charge in [-0.15, -0.1) is 0 Å². The van der Waals surface area contributed by atoms with E-state index < -0.39 is 0 Å². The van der Waals surface area contributed by atoms with E-state index in [2.05, 4.69) is 9.97 Å². The first kappa shape index (κ1) is 20.3. The third-order valence-electron chi connectivity index (χ3n) is 4.27. The van der Waals surface area contributed by atoms with Gasteiger partial charge in [-0.2, -0.15) is 0 Å². The molecule has 0 amide bonds. The van der Waals surface area contributed by atoms with Crippen LogP contribution in [0.2, 0.25) is 0 Å². The van der Waals surface area contributed by atoms with Crippen molar-refractivity contribution in [2.75, 3.05) is 0 Å². The molecular formula is C22H20BeN2O2. The number of hydrogen-bond acceptors (Lipinski definition) is 4. The van der Waals surface area contributed by atoms with Crippen molar-refractivity contribution < 1.29 is 10.2 Å². The Balaban J connectivity index is 0.000000187. The minimum atomic E-state index is 0. The van der Waals surface area contributed by atoms with Crippen molar-refractivity contribution in [3.8, 4) is 11.5 Å². The molecule has 0 fully saturated rings. The van der Waals surface area contributed by atoms with Gasteiger partial charge in [0.1, 0.15) is 0 Å². The van der Waals surface area contributed by atoms with Crippen LogP contribution in [0, 0.1) is 27.7 Å². The van der Waals surface area contributed by atoms with Crippen LogP contribution < -0.4 is 10.2 Å². The van der Waals surface area contributed by atoms with Gasteiger partial charge in [0.05, 0.1) is 11.0 Å². The molecule has 0 aliphatic heterocycles. The summed E-state index contributed by atoms with van der Waals surface area (Å²) >= 11 is 0. The Morgan fingerprint density at radius 2 is 1.00 bits per heavy atom. The third kappa shape index (κ3) is 4.24. The summed E-state index contributed by atoms with van der Waals surface area (Å²) in [5, 5.41) is 24.8. The molecule has 27 heavy (non-hydrogen) atoms. The number of rotatable bonds is 0. The standard InChI is InChI=1S/2C11H11NO.Be/c2*1-7-6-8(2)12-11-9(7)4-3-5-10(11)13;/h2*3-6,13H,1-2H3;/q;;+2/p-2. The van der Waals surface area contributed by atoms with E-state index in [0.717, 1.165) is 33.3 Å². The molecule has 0 aliphatic rings. The zero-order chi connectivity index (χ0) is 18.8. The van der Waals surface area contributed by atoms with Crippen molar-refractivity contribution in [2.45, 2.75) is 27.7 Å². The van der Waals surface area contributed by atoms with E-state index in [1.807, 2.05) is 52.0 Å². The Kier molecular flexibility index (Phi) is 6.14. The van der Waals surface area contributed by atoms with Crippen molar-refractivity contribution in [3.63, 3.8) is 0 Å². The molecule has 5 heteroatoms. The topological polar surface area (TPSA) is 71.9 Å². The Hall–Kier alpha value is -2.97. The average molecular weight is 353 g/mol. The number of hydrogen-bond donors (Lipinski definition) is 0. The zero-order valence-corrected chi connectivity index (χ0v) is 16.0. The van der Waals surface area contributed by atoms with Crippen LogP contribution in [-0.4, -0.2) is 20.1 Å². The second-order valence-corrected chi connectivity index (χ2v) is 6.47. The summed E-state index contributed by atoms with van der Waals surface area (Å²) in [5.41, 5.74) is 5.18. The smallest absolute Gasteiger partial charge is 0.871 e. The van der Waals surface area contributed by atoms with E-state index in [9.17, 15) is 10.2 Å². The van der Waals surface area contributed by atoms with E-state index >= 15 is 0 Å². The number of nitrogens with zero attached hydrogens (tertiary/aromatic N) is 2. The minimum Gasteiger partial charge on any atom is -0.871 e. The predicted octanol–water partition coefficient (Wildman–Crippen LogP) is 3.47. The molecule has 0 unspecified atom stereocenters. The van der Waals surface area contributed by atoms with Crippen LogP contribution in [0.4, 0.5) is 0 Å². The molecule has 2 aromatic heterocycles. The summed E-state index contributed by atoms with van der Waals surface area (Å²) in [7, 11) is 0. The van der Waals surface area contributed by atoms with Crippen LogP contribution in [0.5, 0.6) is 11.5 Å². The molecule has 0 N–H and O–H groups in total. The molecule has 0 saturated heterocycles. The number of aryl methyl sites for hydroxylation is 4. The maximum atomic E-state index is 11.4. The normalized spacial score (nSPS) is 10.2. The summed E-state index contributed by atoms with van der Waals surface area (Å²) in [6, 6.07) is 14.5. The molecule has 0 saturated carbocycles. The molecule has 4 nitrogen and oxygen atoms in total. The number of benzene rings is 2. The van der Waals surface area contributed by atoms with E-state index in [1.54, 1.807) is 24.3 Å². The van der Waals surface area contributed by atoms with Gasteiger partial charge in [-0.1, -0.05) is 47.9 Å². The van der Waals surface area contributed by atoms with Gasteiger partial charge in [-0.25, -0.2) is 0 Å². The first-order chi connectivity index (χ1) is 12.4. The van der Waals surface area contributed by atoms with Gasteiger partial charge in [0, 0.05) is 22.2 Å². The molecule has 0 radical (unpaired) electrons. The van der Waals surface area contributed by atoms with Gasteiger partial charge in [0.15, 0.2) is 0 Å². The van der Waals surface area contributed by atoms with Crippen molar-refractivity contribution in [1.29, 1.82) is 0 Å². The number of fused-ring (bicyclic) bond motifs is 2. The van der Waals surface area contributed by atoms with Gasteiger partial charge >= 0.3 is 10.1 Å².